The lowest BCUT2D eigenvalue weighted by Crippen LogP contribution is -2.36. The van der Waals surface area contributed by atoms with Gasteiger partial charge in [0.15, 0.2) is 0 Å². The molecule has 0 bridgehead atoms. The Morgan fingerprint density at radius 3 is 2.68 bits per heavy atom. The van der Waals surface area contributed by atoms with E-state index in [1.165, 1.54) is 11.0 Å². The van der Waals surface area contributed by atoms with E-state index in [0.717, 1.165) is 0 Å². The van der Waals surface area contributed by atoms with Gasteiger partial charge in [0.2, 0.25) is 0 Å². The Labute approximate surface area is 112 Å². The van der Waals surface area contributed by atoms with Crippen molar-refractivity contribution in [2.24, 2.45) is 0 Å². The van der Waals surface area contributed by atoms with Gasteiger partial charge in [-0.25, -0.2) is 0 Å². The number of hydrogen-bond acceptors (Lipinski definition) is 3. The molecule has 0 aliphatic carbocycles. The van der Waals surface area contributed by atoms with Crippen molar-refractivity contribution in [3.63, 3.8) is 0 Å². The maximum absolute atomic E-state index is 12.3. The molecule has 0 unspecified atom stereocenters. The van der Waals surface area contributed by atoms with Crippen LogP contribution in [-0.4, -0.2) is 41.6 Å². The Kier molecular flexibility index (Phi) is 5.60. The van der Waals surface area contributed by atoms with Gasteiger partial charge in [-0.05, 0) is 19.1 Å². The Hall–Kier alpha value is -2.30. The highest BCUT2D eigenvalue weighted by atomic mass is 16.5. The molecule has 0 fully saturated rings. The zero-order valence-corrected chi connectivity index (χ0v) is 10.8. The maximum atomic E-state index is 12.3. The molecule has 0 atom stereocenters. The van der Waals surface area contributed by atoms with Crippen LogP contribution in [0.3, 0.4) is 0 Å². The molecule has 1 rings (SSSR count). The lowest BCUT2D eigenvalue weighted by Gasteiger charge is -2.20. The van der Waals surface area contributed by atoms with E-state index in [9.17, 15) is 9.59 Å². The molecule has 0 saturated carbocycles. The Balaban J connectivity index is 3.01. The number of carbonyl (C=O) groups excluding carboxylic acids is 1. The van der Waals surface area contributed by atoms with E-state index in [4.69, 9.17) is 9.84 Å². The second-order valence-electron chi connectivity index (χ2n) is 3.80. The number of benzene rings is 1. The SMILES string of the molecule is C=CCN(CC(=O)O)C(=O)c1ccccc1OCC. The highest BCUT2D eigenvalue weighted by Crippen LogP contribution is 2.19. The number of carboxylic acid groups (broad SMARTS) is 1. The molecule has 0 spiro atoms. The zero-order valence-electron chi connectivity index (χ0n) is 10.8. The molecule has 1 N–H and O–H groups in total. The van der Waals surface area contributed by atoms with Crippen LogP contribution in [0.1, 0.15) is 17.3 Å². The van der Waals surface area contributed by atoms with E-state index < -0.39 is 5.97 Å². The number of nitrogens with zero attached hydrogens (tertiary/aromatic N) is 1. The largest absolute Gasteiger partial charge is 0.493 e. The summed E-state index contributed by atoms with van der Waals surface area (Å²) >= 11 is 0. The van der Waals surface area contributed by atoms with Gasteiger partial charge in [-0.15, -0.1) is 6.58 Å². The van der Waals surface area contributed by atoms with Crippen LogP contribution in [0.5, 0.6) is 5.75 Å². The molecule has 19 heavy (non-hydrogen) atoms. The number of amides is 1. The van der Waals surface area contributed by atoms with Crippen LogP contribution in [0.25, 0.3) is 0 Å². The second kappa shape index (κ2) is 7.20. The standard InChI is InChI=1S/C14H17NO4/c1-3-9-15(10-13(16)17)14(18)11-7-5-6-8-12(11)19-4-2/h3,5-8H,1,4,9-10H2,2H3,(H,16,17). The van der Waals surface area contributed by atoms with Crippen LogP contribution >= 0.6 is 0 Å². The molecule has 1 aromatic carbocycles. The first-order valence-corrected chi connectivity index (χ1v) is 5.94. The fourth-order valence-corrected chi connectivity index (χ4v) is 1.63. The summed E-state index contributed by atoms with van der Waals surface area (Å²) in [7, 11) is 0. The maximum Gasteiger partial charge on any atom is 0.323 e. The first-order valence-electron chi connectivity index (χ1n) is 5.94. The van der Waals surface area contributed by atoms with E-state index in [-0.39, 0.29) is 19.0 Å². The summed E-state index contributed by atoms with van der Waals surface area (Å²) in [6, 6.07) is 6.77. The molecular formula is C14H17NO4. The van der Waals surface area contributed by atoms with E-state index in [2.05, 4.69) is 6.58 Å². The average Bonchev–Trinajstić information content (AvgIpc) is 2.38. The number of carboxylic acids is 1. The molecule has 0 saturated heterocycles. The fourth-order valence-electron chi connectivity index (χ4n) is 1.63. The fraction of sp³-hybridized carbons (Fsp3) is 0.286. The Morgan fingerprint density at radius 1 is 1.42 bits per heavy atom. The van der Waals surface area contributed by atoms with Crippen molar-refractivity contribution in [2.75, 3.05) is 19.7 Å². The minimum Gasteiger partial charge on any atom is -0.493 e. The van der Waals surface area contributed by atoms with Crippen molar-refractivity contribution >= 4 is 11.9 Å². The van der Waals surface area contributed by atoms with Gasteiger partial charge in [-0.1, -0.05) is 18.2 Å². The minimum atomic E-state index is -1.07. The van der Waals surface area contributed by atoms with Crippen LogP contribution in [0, 0.1) is 0 Å². The normalized spacial score (nSPS) is 9.74. The zero-order chi connectivity index (χ0) is 14.3. The molecular weight excluding hydrogens is 246 g/mol. The van der Waals surface area contributed by atoms with Gasteiger partial charge in [-0.3, -0.25) is 9.59 Å². The van der Waals surface area contributed by atoms with Crippen molar-refractivity contribution in [2.45, 2.75) is 6.92 Å². The van der Waals surface area contributed by atoms with Crippen LogP contribution in [0.4, 0.5) is 0 Å². The minimum absolute atomic E-state index is 0.172. The van der Waals surface area contributed by atoms with Gasteiger partial charge in [0.05, 0.1) is 12.2 Å². The number of ether oxygens (including phenoxy) is 1. The summed E-state index contributed by atoms with van der Waals surface area (Å²) in [4.78, 5) is 24.3. The van der Waals surface area contributed by atoms with Crippen molar-refractivity contribution < 1.29 is 19.4 Å². The first kappa shape index (κ1) is 14.8. The number of aliphatic carboxylic acids is 1. The van der Waals surface area contributed by atoms with Crippen LogP contribution < -0.4 is 4.74 Å². The van der Waals surface area contributed by atoms with Gasteiger partial charge in [0.1, 0.15) is 12.3 Å². The molecule has 102 valence electrons. The second-order valence-corrected chi connectivity index (χ2v) is 3.80. The van der Waals surface area contributed by atoms with Crippen molar-refractivity contribution in [3.8, 4) is 5.75 Å². The van der Waals surface area contributed by atoms with Crippen molar-refractivity contribution in [3.05, 3.63) is 42.5 Å². The number of carbonyl (C=O) groups is 2. The quantitative estimate of drug-likeness (QED) is 0.762. The highest BCUT2D eigenvalue weighted by molar-refractivity contribution is 5.98. The average molecular weight is 263 g/mol. The molecule has 0 aliphatic rings. The molecule has 5 heteroatoms. The first-order chi connectivity index (χ1) is 9.10. The lowest BCUT2D eigenvalue weighted by atomic mass is 10.1. The van der Waals surface area contributed by atoms with Crippen molar-refractivity contribution in [1.29, 1.82) is 0 Å². The molecule has 0 heterocycles. The van der Waals surface area contributed by atoms with Crippen LogP contribution in [0.2, 0.25) is 0 Å². The molecule has 1 aromatic rings. The molecule has 0 aliphatic heterocycles. The van der Waals surface area contributed by atoms with Crippen molar-refractivity contribution in [1.82, 2.24) is 4.90 Å². The molecule has 5 nitrogen and oxygen atoms in total. The molecule has 1 amide bonds. The number of hydrogen-bond donors (Lipinski definition) is 1. The van der Waals surface area contributed by atoms with Gasteiger partial charge < -0.3 is 14.7 Å². The van der Waals surface area contributed by atoms with E-state index in [0.29, 0.717) is 17.9 Å². The summed E-state index contributed by atoms with van der Waals surface area (Å²) < 4.78 is 5.37. The Bertz CT molecular complexity index is 470. The summed E-state index contributed by atoms with van der Waals surface area (Å²) in [6.45, 7) is 5.58. The summed E-state index contributed by atoms with van der Waals surface area (Å²) in [5.41, 5.74) is 0.354. The summed E-state index contributed by atoms with van der Waals surface area (Å²) in [5.74, 6) is -0.995. The third-order valence-corrected chi connectivity index (χ3v) is 2.38. The highest BCUT2D eigenvalue weighted by Gasteiger charge is 2.20. The van der Waals surface area contributed by atoms with Gasteiger partial charge in [0, 0.05) is 6.54 Å². The monoisotopic (exact) mass is 263 g/mol. The van der Waals surface area contributed by atoms with E-state index >= 15 is 0 Å². The van der Waals surface area contributed by atoms with Gasteiger partial charge in [0.25, 0.3) is 5.91 Å². The third kappa shape index (κ3) is 4.13. The smallest absolute Gasteiger partial charge is 0.323 e. The Morgan fingerprint density at radius 2 is 2.11 bits per heavy atom. The van der Waals surface area contributed by atoms with Crippen LogP contribution in [-0.2, 0) is 4.79 Å². The van der Waals surface area contributed by atoms with Crippen LogP contribution in [0.15, 0.2) is 36.9 Å². The number of para-hydroxylation sites is 1. The topological polar surface area (TPSA) is 66.8 Å². The summed E-state index contributed by atoms with van der Waals surface area (Å²) in [6.07, 6.45) is 1.49. The van der Waals surface area contributed by atoms with E-state index in [1.807, 2.05) is 6.92 Å². The predicted molar refractivity (Wildman–Crippen MR) is 71.3 cm³/mol. The number of rotatable bonds is 7. The molecule has 0 aromatic heterocycles. The third-order valence-electron chi connectivity index (χ3n) is 2.38. The van der Waals surface area contributed by atoms with Gasteiger partial charge in [-0.2, -0.15) is 0 Å². The molecule has 0 radical (unpaired) electrons. The summed E-state index contributed by atoms with van der Waals surface area (Å²) in [5, 5.41) is 8.82. The van der Waals surface area contributed by atoms with E-state index in [1.54, 1.807) is 24.3 Å². The lowest BCUT2D eigenvalue weighted by molar-refractivity contribution is -0.137. The predicted octanol–water partition coefficient (Wildman–Crippen LogP) is 1.80. The van der Waals surface area contributed by atoms with Gasteiger partial charge >= 0.3 is 5.97 Å².